The lowest BCUT2D eigenvalue weighted by molar-refractivity contribution is -0.133. The third kappa shape index (κ3) is 3.18. The Balaban J connectivity index is 1.47. The van der Waals surface area contributed by atoms with Crippen LogP contribution in [0.15, 0.2) is 24.5 Å². The molecular formula is C16H23N3O. The Morgan fingerprint density at radius 1 is 1.35 bits per heavy atom. The van der Waals surface area contributed by atoms with Crippen LogP contribution in [0, 0.1) is 5.92 Å². The van der Waals surface area contributed by atoms with E-state index in [1.54, 1.807) is 6.20 Å². The summed E-state index contributed by atoms with van der Waals surface area (Å²) in [5.41, 5.74) is 1.23. The molecule has 1 aliphatic heterocycles. The van der Waals surface area contributed by atoms with Crippen molar-refractivity contribution in [3.63, 3.8) is 0 Å². The summed E-state index contributed by atoms with van der Waals surface area (Å²) >= 11 is 0. The van der Waals surface area contributed by atoms with Crippen LogP contribution >= 0.6 is 0 Å². The summed E-state index contributed by atoms with van der Waals surface area (Å²) in [7, 11) is 0. The van der Waals surface area contributed by atoms with Crippen molar-refractivity contribution in [3.8, 4) is 0 Å². The first kappa shape index (κ1) is 13.6. The predicted molar refractivity (Wildman–Crippen MR) is 78.1 cm³/mol. The molecule has 1 amide bonds. The predicted octanol–water partition coefficient (Wildman–Crippen LogP) is 2.13. The summed E-state index contributed by atoms with van der Waals surface area (Å²) in [5.74, 6) is 0.748. The van der Waals surface area contributed by atoms with Crippen LogP contribution in [0.3, 0.4) is 0 Å². The zero-order valence-electron chi connectivity index (χ0n) is 12.1. The van der Waals surface area contributed by atoms with Crippen LogP contribution in [0.25, 0.3) is 0 Å². The third-order valence-electron chi connectivity index (χ3n) is 4.40. The lowest BCUT2D eigenvalue weighted by atomic mass is 10.0. The summed E-state index contributed by atoms with van der Waals surface area (Å²) < 4.78 is 0. The van der Waals surface area contributed by atoms with Crippen molar-refractivity contribution in [2.75, 3.05) is 13.1 Å². The zero-order valence-corrected chi connectivity index (χ0v) is 12.1. The topological polar surface area (TPSA) is 45.2 Å². The molecule has 1 saturated carbocycles. The quantitative estimate of drug-likeness (QED) is 0.914. The third-order valence-corrected chi connectivity index (χ3v) is 4.40. The van der Waals surface area contributed by atoms with Gasteiger partial charge >= 0.3 is 0 Å². The van der Waals surface area contributed by atoms with Gasteiger partial charge in [0.25, 0.3) is 0 Å². The first-order valence-electron chi connectivity index (χ1n) is 7.69. The molecule has 20 heavy (non-hydrogen) atoms. The first-order valence-corrected chi connectivity index (χ1v) is 7.69. The summed E-state index contributed by atoms with van der Waals surface area (Å²) in [6, 6.07) is 4.91. The maximum atomic E-state index is 12.0. The monoisotopic (exact) mass is 273 g/mol. The van der Waals surface area contributed by atoms with Gasteiger partial charge in [-0.05, 0) is 44.2 Å². The number of carbonyl (C=O) groups is 1. The Kier molecular flexibility index (Phi) is 4.01. The SMILES string of the molecule is CC(NC1CCN(C(=O)C2CC2)CC1)c1cccnc1. The summed E-state index contributed by atoms with van der Waals surface area (Å²) in [6.45, 7) is 4.00. The fraction of sp³-hybridized carbons (Fsp3) is 0.625. The average molecular weight is 273 g/mol. The highest BCUT2D eigenvalue weighted by Crippen LogP contribution is 2.32. The second-order valence-corrected chi connectivity index (χ2v) is 6.05. The van der Waals surface area contributed by atoms with Gasteiger partial charge in [-0.15, -0.1) is 0 Å². The number of carbonyl (C=O) groups excluding carboxylic acids is 1. The van der Waals surface area contributed by atoms with E-state index in [1.807, 2.05) is 12.3 Å². The Labute approximate surface area is 120 Å². The minimum atomic E-state index is 0.319. The van der Waals surface area contributed by atoms with Gasteiger partial charge in [-0.3, -0.25) is 9.78 Å². The fourth-order valence-corrected chi connectivity index (χ4v) is 2.94. The highest BCUT2D eigenvalue weighted by molar-refractivity contribution is 5.81. The molecule has 0 spiro atoms. The lowest BCUT2D eigenvalue weighted by Crippen LogP contribution is -2.45. The molecule has 0 bridgehead atoms. The maximum absolute atomic E-state index is 12.0. The average Bonchev–Trinajstić information content (AvgIpc) is 3.33. The molecule has 2 fully saturated rings. The van der Waals surface area contributed by atoms with Crippen LogP contribution < -0.4 is 5.32 Å². The van der Waals surface area contributed by atoms with E-state index < -0.39 is 0 Å². The van der Waals surface area contributed by atoms with Crippen LogP contribution in [-0.4, -0.2) is 34.9 Å². The molecule has 4 nitrogen and oxygen atoms in total. The van der Waals surface area contributed by atoms with Crippen LogP contribution in [0.2, 0.25) is 0 Å². The molecule has 2 aliphatic rings. The normalized spacial score (nSPS) is 21.8. The number of piperidine rings is 1. The molecule has 0 aromatic carbocycles. The van der Waals surface area contributed by atoms with E-state index in [2.05, 4.69) is 28.2 Å². The standard InChI is InChI=1S/C16H23N3O/c1-12(14-3-2-8-17-11-14)18-15-6-9-19(10-7-15)16(20)13-4-5-13/h2-3,8,11-13,15,18H,4-7,9-10H2,1H3. The smallest absolute Gasteiger partial charge is 0.225 e. The molecule has 0 radical (unpaired) electrons. The van der Waals surface area contributed by atoms with Crippen LogP contribution in [0.4, 0.5) is 0 Å². The molecule has 3 rings (SSSR count). The Morgan fingerprint density at radius 2 is 2.10 bits per heavy atom. The Morgan fingerprint density at radius 3 is 2.70 bits per heavy atom. The largest absolute Gasteiger partial charge is 0.342 e. The minimum absolute atomic E-state index is 0.319. The van der Waals surface area contributed by atoms with E-state index in [1.165, 1.54) is 5.56 Å². The molecule has 108 valence electrons. The van der Waals surface area contributed by atoms with Crippen LogP contribution in [0.1, 0.15) is 44.2 Å². The maximum Gasteiger partial charge on any atom is 0.225 e. The van der Waals surface area contributed by atoms with Crippen molar-refractivity contribution in [1.82, 2.24) is 15.2 Å². The lowest BCUT2D eigenvalue weighted by Gasteiger charge is -2.34. The van der Waals surface area contributed by atoms with Gasteiger partial charge in [0.1, 0.15) is 0 Å². The number of nitrogens with zero attached hydrogens (tertiary/aromatic N) is 2. The van der Waals surface area contributed by atoms with E-state index in [4.69, 9.17) is 0 Å². The Bertz CT molecular complexity index is 450. The van der Waals surface area contributed by atoms with Crippen LogP contribution in [-0.2, 0) is 4.79 Å². The molecule has 4 heteroatoms. The zero-order chi connectivity index (χ0) is 13.9. The number of pyridine rings is 1. The molecule has 1 aliphatic carbocycles. The van der Waals surface area contributed by atoms with Gasteiger partial charge in [-0.25, -0.2) is 0 Å². The molecule has 1 saturated heterocycles. The second kappa shape index (κ2) is 5.92. The summed E-state index contributed by atoms with van der Waals surface area (Å²) in [5, 5.41) is 3.66. The van der Waals surface area contributed by atoms with Crippen molar-refractivity contribution < 1.29 is 4.79 Å². The van der Waals surface area contributed by atoms with Crippen molar-refractivity contribution in [1.29, 1.82) is 0 Å². The second-order valence-electron chi connectivity index (χ2n) is 6.05. The minimum Gasteiger partial charge on any atom is -0.342 e. The molecular weight excluding hydrogens is 250 g/mol. The van der Waals surface area contributed by atoms with Gasteiger partial charge in [-0.1, -0.05) is 6.07 Å². The molecule has 1 atom stereocenters. The number of aromatic nitrogens is 1. The number of rotatable bonds is 4. The number of amides is 1. The van der Waals surface area contributed by atoms with E-state index >= 15 is 0 Å². The molecule has 1 aromatic rings. The van der Waals surface area contributed by atoms with Crippen LogP contribution in [0.5, 0.6) is 0 Å². The van der Waals surface area contributed by atoms with Gasteiger partial charge in [0.2, 0.25) is 5.91 Å². The van der Waals surface area contributed by atoms with E-state index in [0.717, 1.165) is 38.8 Å². The highest BCUT2D eigenvalue weighted by Gasteiger charge is 2.34. The van der Waals surface area contributed by atoms with Gasteiger partial charge in [0, 0.05) is 43.5 Å². The van der Waals surface area contributed by atoms with Gasteiger partial charge in [0.15, 0.2) is 0 Å². The van der Waals surface area contributed by atoms with Crippen molar-refractivity contribution in [3.05, 3.63) is 30.1 Å². The number of likely N-dealkylation sites (tertiary alicyclic amines) is 1. The highest BCUT2D eigenvalue weighted by atomic mass is 16.2. The van der Waals surface area contributed by atoms with E-state index in [0.29, 0.717) is 23.9 Å². The van der Waals surface area contributed by atoms with Gasteiger partial charge in [-0.2, -0.15) is 0 Å². The number of hydrogen-bond acceptors (Lipinski definition) is 3. The van der Waals surface area contributed by atoms with Gasteiger partial charge < -0.3 is 10.2 Å². The summed E-state index contributed by atoms with van der Waals surface area (Å²) in [6.07, 6.45) is 8.05. The van der Waals surface area contributed by atoms with E-state index in [9.17, 15) is 4.79 Å². The fourth-order valence-electron chi connectivity index (χ4n) is 2.94. The number of hydrogen-bond donors (Lipinski definition) is 1. The van der Waals surface area contributed by atoms with Crippen molar-refractivity contribution in [2.24, 2.45) is 5.92 Å². The summed E-state index contributed by atoms with van der Waals surface area (Å²) in [4.78, 5) is 18.2. The van der Waals surface area contributed by atoms with Crippen molar-refractivity contribution in [2.45, 2.75) is 44.7 Å². The molecule has 1 N–H and O–H groups in total. The van der Waals surface area contributed by atoms with Crippen molar-refractivity contribution >= 4 is 5.91 Å². The molecule has 1 unspecified atom stereocenters. The molecule has 1 aromatic heterocycles. The van der Waals surface area contributed by atoms with E-state index in [-0.39, 0.29) is 0 Å². The van der Waals surface area contributed by atoms with Gasteiger partial charge in [0.05, 0.1) is 0 Å². The first-order chi connectivity index (χ1) is 9.74. The Hall–Kier alpha value is -1.42. The molecule has 2 heterocycles. The number of nitrogens with one attached hydrogen (secondary N) is 1.